The number of carbonyl (C=O) groups is 2. The van der Waals surface area contributed by atoms with Crippen LogP contribution in [0.3, 0.4) is 0 Å². The first-order valence-electron chi connectivity index (χ1n) is 7.62. The smallest absolute Gasteiger partial charge is 0.310 e. The van der Waals surface area contributed by atoms with Crippen LogP contribution >= 0.6 is 0 Å². The second kappa shape index (κ2) is 5.93. The van der Waals surface area contributed by atoms with Crippen molar-refractivity contribution in [1.29, 1.82) is 0 Å². The Bertz CT molecular complexity index is 347. The van der Waals surface area contributed by atoms with E-state index in [9.17, 15) is 14.7 Å². The summed E-state index contributed by atoms with van der Waals surface area (Å²) in [5.74, 6) is -0.707. The summed E-state index contributed by atoms with van der Waals surface area (Å²) in [5, 5.41) is 9.53. The largest absolute Gasteiger partial charge is 0.481 e. The molecular weight excluding hydrogens is 242 g/mol. The summed E-state index contributed by atoms with van der Waals surface area (Å²) >= 11 is 0. The minimum atomic E-state index is -0.782. The Labute approximate surface area is 115 Å². The fourth-order valence-corrected chi connectivity index (χ4v) is 3.67. The van der Waals surface area contributed by atoms with E-state index in [1.807, 2.05) is 4.90 Å². The Balaban J connectivity index is 2.04. The fraction of sp³-hybridized carbons (Fsp3) is 0.867. The van der Waals surface area contributed by atoms with Gasteiger partial charge in [0, 0.05) is 19.0 Å². The van der Waals surface area contributed by atoms with Gasteiger partial charge in [-0.2, -0.15) is 0 Å². The molecular formula is C15H25NO3. The number of aliphatic carboxylic acids is 1. The van der Waals surface area contributed by atoms with Crippen LogP contribution in [0.25, 0.3) is 0 Å². The number of rotatable bonds is 4. The fourth-order valence-electron chi connectivity index (χ4n) is 3.67. The van der Waals surface area contributed by atoms with Gasteiger partial charge in [-0.05, 0) is 32.1 Å². The summed E-state index contributed by atoms with van der Waals surface area (Å²) in [6, 6.07) is 0.335. The van der Waals surface area contributed by atoms with Crippen LogP contribution in [0, 0.1) is 5.41 Å². The molecule has 19 heavy (non-hydrogen) atoms. The Morgan fingerprint density at radius 1 is 1.21 bits per heavy atom. The van der Waals surface area contributed by atoms with Crippen molar-refractivity contribution in [1.82, 2.24) is 4.90 Å². The maximum Gasteiger partial charge on any atom is 0.310 e. The van der Waals surface area contributed by atoms with Crippen LogP contribution in [0.5, 0.6) is 0 Å². The summed E-state index contributed by atoms with van der Waals surface area (Å²) in [5.41, 5.74) is -0.782. The standard InChI is InChI=1S/C15H25NO3/c1-2-12-7-6-10-16(12)13(17)11-15(14(18)19)8-4-3-5-9-15/h12H,2-11H2,1H3,(H,18,19). The predicted octanol–water partition coefficient (Wildman–Crippen LogP) is 2.81. The molecule has 0 bridgehead atoms. The van der Waals surface area contributed by atoms with Crippen LogP contribution < -0.4 is 0 Å². The molecule has 1 aliphatic heterocycles. The molecule has 1 unspecified atom stereocenters. The lowest BCUT2D eigenvalue weighted by Crippen LogP contribution is -2.42. The summed E-state index contributed by atoms with van der Waals surface area (Å²) in [6.07, 6.45) is 7.63. The van der Waals surface area contributed by atoms with Crippen LogP contribution in [0.2, 0.25) is 0 Å². The average molecular weight is 267 g/mol. The maximum absolute atomic E-state index is 12.5. The summed E-state index contributed by atoms with van der Waals surface area (Å²) in [7, 11) is 0. The highest BCUT2D eigenvalue weighted by Crippen LogP contribution is 2.40. The van der Waals surface area contributed by atoms with Gasteiger partial charge in [-0.3, -0.25) is 9.59 Å². The van der Waals surface area contributed by atoms with Gasteiger partial charge in [-0.15, -0.1) is 0 Å². The molecule has 2 fully saturated rings. The van der Waals surface area contributed by atoms with Crippen molar-refractivity contribution in [3.8, 4) is 0 Å². The van der Waals surface area contributed by atoms with E-state index in [-0.39, 0.29) is 12.3 Å². The number of nitrogens with zero attached hydrogens (tertiary/aromatic N) is 1. The first-order valence-corrected chi connectivity index (χ1v) is 7.62. The molecule has 1 amide bonds. The molecule has 1 atom stereocenters. The van der Waals surface area contributed by atoms with E-state index in [1.165, 1.54) is 0 Å². The molecule has 0 aromatic carbocycles. The Kier molecular flexibility index (Phi) is 4.48. The van der Waals surface area contributed by atoms with Crippen molar-refractivity contribution in [2.45, 2.75) is 70.8 Å². The first kappa shape index (κ1) is 14.4. The molecule has 1 N–H and O–H groups in total. The minimum Gasteiger partial charge on any atom is -0.481 e. The van der Waals surface area contributed by atoms with Crippen LogP contribution in [-0.4, -0.2) is 34.5 Å². The molecule has 4 nitrogen and oxygen atoms in total. The zero-order valence-corrected chi connectivity index (χ0v) is 11.9. The van der Waals surface area contributed by atoms with E-state index in [1.54, 1.807) is 0 Å². The van der Waals surface area contributed by atoms with Crippen molar-refractivity contribution in [2.24, 2.45) is 5.41 Å². The number of hydrogen-bond donors (Lipinski definition) is 1. The summed E-state index contributed by atoms with van der Waals surface area (Å²) in [6.45, 7) is 2.91. The number of amides is 1. The highest BCUT2D eigenvalue weighted by molar-refractivity contribution is 5.85. The maximum atomic E-state index is 12.5. The third-order valence-corrected chi connectivity index (χ3v) is 4.92. The molecule has 0 aromatic heterocycles. The van der Waals surface area contributed by atoms with Gasteiger partial charge in [0.05, 0.1) is 5.41 Å². The van der Waals surface area contributed by atoms with Crippen LogP contribution in [0.1, 0.15) is 64.7 Å². The molecule has 2 rings (SSSR count). The quantitative estimate of drug-likeness (QED) is 0.852. The molecule has 4 heteroatoms. The lowest BCUT2D eigenvalue weighted by atomic mass is 9.71. The summed E-state index contributed by atoms with van der Waals surface area (Å²) < 4.78 is 0. The van der Waals surface area contributed by atoms with Crippen molar-refractivity contribution >= 4 is 11.9 Å². The van der Waals surface area contributed by atoms with Crippen molar-refractivity contribution in [2.75, 3.05) is 6.54 Å². The highest BCUT2D eigenvalue weighted by atomic mass is 16.4. The van der Waals surface area contributed by atoms with Crippen LogP contribution in [-0.2, 0) is 9.59 Å². The van der Waals surface area contributed by atoms with E-state index < -0.39 is 11.4 Å². The molecule has 1 aliphatic carbocycles. The van der Waals surface area contributed by atoms with E-state index in [0.717, 1.165) is 45.1 Å². The third-order valence-electron chi connectivity index (χ3n) is 4.92. The number of carboxylic acids is 1. The Hall–Kier alpha value is -1.06. The van der Waals surface area contributed by atoms with E-state index in [2.05, 4.69) is 6.92 Å². The van der Waals surface area contributed by atoms with Gasteiger partial charge in [0.2, 0.25) is 5.91 Å². The molecule has 1 heterocycles. The second-order valence-electron chi connectivity index (χ2n) is 6.11. The molecule has 108 valence electrons. The predicted molar refractivity (Wildman–Crippen MR) is 72.8 cm³/mol. The van der Waals surface area contributed by atoms with Gasteiger partial charge in [-0.1, -0.05) is 26.2 Å². The molecule has 0 radical (unpaired) electrons. The summed E-state index contributed by atoms with van der Waals surface area (Å²) in [4.78, 5) is 26.0. The van der Waals surface area contributed by atoms with Gasteiger partial charge in [-0.25, -0.2) is 0 Å². The van der Waals surface area contributed by atoms with E-state index in [0.29, 0.717) is 18.9 Å². The van der Waals surface area contributed by atoms with E-state index >= 15 is 0 Å². The topological polar surface area (TPSA) is 57.6 Å². The van der Waals surface area contributed by atoms with Crippen LogP contribution in [0.4, 0.5) is 0 Å². The van der Waals surface area contributed by atoms with Gasteiger partial charge in [0.15, 0.2) is 0 Å². The number of carboxylic acid groups (broad SMARTS) is 1. The molecule has 0 spiro atoms. The first-order chi connectivity index (χ1) is 9.09. The molecule has 1 saturated carbocycles. The molecule has 2 aliphatic rings. The number of carbonyl (C=O) groups excluding carboxylic acids is 1. The van der Waals surface area contributed by atoms with E-state index in [4.69, 9.17) is 0 Å². The SMILES string of the molecule is CCC1CCCN1C(=O)CC1(C(=O)O)CCCCC1. The zero-order chi connectivity index (χ0) is 13.9. The molecule has 0 aromatic rings. The minimum absolute atomic E-state index is 0.0636. The Morgan fingerprint density at radius 3 is 2.47 bits per heavy atom. The van der Waals surface area contributed by atoms with Crippen molar-refractivity contribution < 1.29 is 14.7 Å². The van der Waals surface area contributed by atoms with Crippen molar-refractivity contribution in [3.05, 3.63) is 0 Å². The average Bonchev–Trinajstić information content (AvgIpc) is 2.88. The monoisotopic (exact) mass is 267 g/mol. The second-order valence-corrected chi connectivity index (χ2v) is 6.11. The van der Waals surface area contributed by atoms with Crippen LogP contribution in [0.15, 0.2) is 0 Å². The lowest BCUT2D eigenvalue weighted by molar-refractivity contribution is -0.156. The molecule has 1 saturated heterocycles. The van der Waals surface area contributed by atoms with Gasteiger partial charge in [0.25, 0.3) is 0 Å². The van der Waals surface area contributed by atoms with Crippen molar-refractivity contribution in [3.63, 3.8) is 0 Å². The zero-order valence-electron chi connectivity index (χ0n) is 11.9. The van der Waals surface area contributed by atoms with Gasteiger partial charge in [0.1, 0.15) is 0 Å². The van der Waals surface area contributed by atoms with Gasteiger partial charge >= 0.3 is 5.97 Å². The normalized spacial score (nSPS) is 26.4. The Morgan fingerprint density at radius 2 is 1.89 bits per heavy atom. The number of hydrogen-bond acceptors (Lipinski definition) is 2. The third kappa shape index (κ3) is 2.93. The van der Waals surface area contributed by atoms with Gasteiger partial charge < -0.3 is 10.0 Å². The lowest BCUT2D eigenvalue weighted by Gasteiger charge is -2.35. The number of likely N-dealkylation sites (tertiary alicyclic amines) is 1. The highest BCUT2D eigenvalue weighted by Gasteiger charge is 2.43.